The van der Waals surface area contributed by atoms with Gasteiger partial charge in [0, 0.05) is 31.7 Å². The van der Waals surface area contributed by atoms with Gasteiger partial charge in [-0.15, -0.1) is 0 Å². The Morgan fingerprint density at radius 1 is 1.29 bits per heavy atom. The van der Waals surface area contributed by atoms with Crippen LogP contribution in [0.4, 0.5) is 0 Å². The zero-order valence-electron chi connectivity index (χ0n) is 9.06. The predicted octanol–water partition coefficient (Wildman–Crippen LogP) is -0.0638. The van der Waals surface area contributed by atoms with Gasteiger partial charge >= 0.3 is 5.97 Å². The van der Waals surface area contributed by atoms with Crippen molar-refractivity contribution in [3.8, 4) is 0 Å². The van der Waals surface area contributed by atoms with E-state index in [2.05, 4.69) is 23.6 Å². The number of nitrogens with zero attached hydrogens (tertiary/aromatic N) is 2. The van der Waals surface area contributed by atoms with E-state index in [-0.39, 0.29) is 12.0 Å². The van der Waals surface area contributed by atoms with Crippen molar-refractivity contribution >= 4 is 5.97 Å². The molecule has 0 saturated carbocycles. The maximum Gasteiger partial charge on any atom is 0.324 e. The van der Waals surface area contributed by atoms with E-state index in [0.29, 0.717) is 12.1 Å². The maximum absolute atomic E-state index is 11.5. The first-order chi connectivity index (χ1) is 6.65. The Bertz CT molecular complexity index is 242. The molecule has 3 saturated heterocycles. The van der Waals surface area contributed by atoms with Crippen molar-refractivity contribution in [3.63, 3.8) is 0 Å². The quantitative estimate of drug-likeness (QED) is 0.552. The van der Waals surface area contributed by atoms with Crippen LogP contribution in [-0.2, 0) is 9.53 Å². The Kier molecular flexibility index (Phi) is 2.49. The molecule has 4 heteroatoms. The Labute approximate surface area is 84.8 Å². The first kappa shape index (κ1) is 9.93. The van der Waals surface area contributed by atoms with E-state index < -0.39 is 0 Å². The maximum atomic E-state index is 11.5. The molecule has 0 aromatic heterocycles. The van der Waals surface area contributed by atoms with E-state index in [1.54, 1.807) is 0 Å². The van der Waals surface area contributed by atoms with Crippen LogP contribution in [-0.4, -0.2) is 60.6 Å². The average molecular weight is 198 g/mol. The smallest absolute Gasteiger partial charge is 0.324 e. The number of esters is 1. The third-order valence-corrected chi connectivity index (χ3v) is 3.72. The van der Waals surface area contributed by atoms with Crippen LogP contribution in [0.3, 0.4) is 0 Å². The average Bonchev–Trinajstić information content (AvgIpc) is 2.23. The minimum atomic E-state index is -0.0894. The molecule has 0 amide bonds. The highest BCUT2D eigenvalue weighted by Gasteiger charge is 2.44. The van der Waals surface area contributed by atoms with Crippen LogP contribution < -0.4 is 0 Å². The number of carbonyl (C=O) groups excluding carboxylic acids is 1. The van der Waals surface area contributed by atoms with E-state index in [1.807, 2.05) is 0 Å². The second-order valence-electron chi connectivity index (χ2n) is 4.25. The summed E-state index contributed by atoms with van der Waals surface area (Å²) in [4.78, 5) is 16.2. The molecule has 5 unspecified atom stereocenters. The van der Waals surface area contributed by atoms with E-state index >= 15 is 0 Å². The summed E-state index contributed by atoms with van der Waals surface area (Å²) < 4.78 is 4.82. The molecule has 0 N–H and O–H groups in total. The van der Waals surface area contributed by atoms with E-state index in [1.165, 1.54) is 7.11 Å². The molecule has 3 aliphatic heterocycles. The molecule has 0 spiro atoms. The molecule has 2 bridgehead atoms. The molecule has 0 aliphatic carbocycles. The second kappa shape index (κ2) is 3.51. The first-order valence-corrected chi connectivity index (χ1v) is 5.22. The highest BCUT2D eigenvalue weighted by atomic mass is 16.5. The third kappa shape index (κ3) is 1.33. The largest absolute Gasteiger partial charge is 0.468 e. The van der Waals surface area contributed by atoms with Gasteiger partial charge in [-0.3, -0.25) is 14.6 Å². The Balaban J connectivity index is 2.14. The van der Waals surface area contributed by atoms with Crippen molar-refractivity contribution < 1.29 is 9.53 Å². The van der Waals surface area contributed by atoms with Crippen molar-refractivity contribution in [2.45, 2.75) is 32.0 Å². The number of rotatable bonds is 1. The Morgan fingerprint density at radius 3 is 2.57 bits per heavy atom. The highest BCUT2D eigenvalue weighted by Crippen LogP contribution is 2.26. The van der Waals surface area contributed by atoms with Gasteiger partial charge in [-0.1, -0.05) is 0 Å². The lowest BCUT2D eigenvalue weighted by atomic mass is 9.96. The molecule has 3 heterocycles. The van der Waals surface area contributed by atoms with Crippen molar-refractivity contribution in [3.05, 3.63) is 0 Å². The fraction of sp³-hybridized carbons (Fsp3) is 0.900. The number of hydrogen-bond donors (Lipinski definition) is 0. The number of piperazine rings is 3. The molecule has 14 heavy (non-hydrogen) atoms. The molecule has 0 aromatic rings. The van der Waals surface area contributed by atoms with Crippen LogP contribution in [0.25, 0.3) is 0 Å². The molecule has 3 rings (SSSR count). The van der Waals surface area contributed by atoms with Gasteiger partial charge in [-0.2, -0.15) is 0 Å². The van der Waals surface area contributed by atoms with Crippen LogP contribution >= 0.6 is 0 Å². The molecule has 0 aromatic carbocycles. The normalized spacial score (nSPS) is 46.4. The van der Waals surface area contributed by atoms with Crippen molar-refractivity contribution in [2.24, 2.45) is 0 Å². The molecule has 3 fully saturated rings. The lowest BCUT2D eigenvalue weighted by Gasteiger charge is -2.54. The molecule has 0 radical (unpaired) electrons. The van der Waals surface area contributed by atoms with Gasteiger partial charge in [-0.25, -0.2) is 0 Å². The minimum absolute atomic E-state index is 0.0417. The number of fused-ring (bicyclic) bond motifs is 3. The lowest BCUT2D eigenvalue weighted by Crippen LogP contribution is -2.70. The van der Waals surface area contributed by atoms with E-state index in [9.17, 15) is 4.79 Å². The van der Waals surface area contributed by atoms with Gasteiger partial charge in [0.15, 0.2) is 0 Å². The highest BCUT2D eigenvalue weighted by molar-refractivity contribution is 5.76. The fourth-order valence-electron chi connectivity index (χ4n) is 2.60. The van der Waals surface area contributed by atoms with Gasteiger partial charge in [0.05, 0.1) is 7.11 Å². The number of hydrogen-bond acceptors (Lipinski definition) is 4. The van der Waals surface area contributed by atoms with Crippen LogP contribution in [0.2, 0.25) is 0 Å². The van der Waals surface area contributed by atoms with E-state index in [4.69, 9.17) is 4.74 Å². The van der Waals surface area contributed by atoms with Gasteiger partial charge in [0.1, 0.15) is 6.04 Å². The zero-order valence-corrected chi connectivity index (χ0v) is 9.06. The first-order valence-electron chi connectivity index (χ1n) is 5.22. The van der Waals surface area contributed by atoms with Crippen molar-refractivity contribution in [1.82, 2.24) is 9.80 Å². The summed E-state index contributed by atoms with van der Waals surface area (Å²) >= 11 is 0. The zero-order chi connectivity index (χ0) is 10.3. The standard InChI is InChI=1S/C10H18N2O2/c1-7-8(2)12-5-4-11(7)6-9(12)10(13)14-3/h7-9H,4-6H2,1-3H3. The number of ether oxygens (including phenoxy) is 1. The summed E-state index contributed by atoms with van der Waals surface area (Å²) in [6, 6.07) is 0.978. The summed E-state index contributed by atoms with van der Waals surface area (Å²) in [5.74, 6) is -0.0894. The summed E-state index contributed by atoms with van der Waals surface area (Å²) in [5, 5.41) is 0. The van der Waals surface area contributed by atoms with Crippen LogP contribution in [0, 0.1) is 0 Å². The summed E-state index contributed by atoms with van der Waals surface area (Å²) in [6.45, 7) is 7.32. The molecular weight excluding hydrogens is 180 g/mol. The SMILES string of the molecule is COC(=O)C1CN2CCN1C(C)C2C. The van der Waals surface area contributed by atoms with Crippen molar-refractivity contribution in [2.75, 3.05) is 26.7 Å². The minimum Gasteiger partial charge on any atom is -0.468 e. The lowest BCUT2D eigenvalue weighted by molar-refractivity contribution is -0.158. The number of carbonyl (C=O) groups is 1. The fourth-order valence-corrected chi connectivity index (χ4v) is 2.60. The van der Waals surface area contributed by atoms with Gasteiger partial charge < -0.3 is 4.74 Å². The molecule has 4 nitrogen and oxygen atoms in total. The Hall–Kier alpha value is -0.610. The van der Waals surface area contributed by atoms with Crippen LogP contribution in [0.1, 0.15) is 13.8 Å². The summed E-state index contributed by atoms with van der Waals surface area (Å²) in [6.07, 6.45) is 0. The van der Waals surface area contributed by atoms with Gasteiger partial charge in [0.25, 0.3) is 0 Å². The molecule has 80 valence electrons. The number of methoxy groups -OCH3 is 1. The molecule has 3 aliphatic rings. The van der Waals surface area contributed by atoms with Gasteiger partial charge in [0.2, 0.25) is 0 Å². The van der Waals surface area contributed by atoms with Crippen LogP contribution in [0.5, 0.6) is 0 Å². The predicted molar refractivity (Wildman–Crippen MR) is 53.0 cm³/mol. The topological polar surface area (TPSA) is 32.8 Å². The molecule has 5 atom stereocenters. The second-order valence-corrected chi connectivity index (χ2v) is 4.25. The third-order valence-electron chi connectivity index (χ3n) is 3.72. The van der Waals surface area contributed by atoms with E-state index in [0.717, 1.165) is 19.6 Å². The summed E-state index contributed by atoms with van der Waals surface area (Å²) in [5.41, 5.74) is 0. The van der Waals surface area contributed by atoms with Gasteiger partial charge in [-0.05, 0) is 13.8 Å². The van der Waals surface area contributed by atoms with Crippen molar-refractivity contribution in [1.29, 1.82) is 0 Å². The van der Waals surface area contributed by atoms with Crippen LogP contribution in [0.15, 0.2) is 0 Å². The molecular formula is C10H18N2O2. The monoisotopic (exact) mass is 198 g/mol. The Morgan fingerprint density at radius 2 is 2.00 bits per heavy atom. The summed E-state index contributed by atoms with van der Waals surface area (Å²) in [7, 11) is 1.47.